The van der Waals surface area contributed by atoms with Gasteiger partial charge in [-0.25, -0.2) is 0 Å². The Morgan fingerprint density at radius 1 is 1.44 bits per heavy atom. The van der Waals surface area contributed by atoms with Gasteiger partial charge in [-0.15, -0.1) is 0 Å². The van der Waals surface area contributed by atoms with Gasteiger partial charge >= 0.3 is 5.97 Å². The van der Waals surface area contributed by atoms with E-state index in [1.807, 2.05) is 18.2 Å². The predicted octanol–water partition coefficient (Wildman–Crippen LogP) is 2.54. The van der Waals surface area contributed by atoms with E-state index in [0.29, 0.717) is 5.02 Å². The van der Waals surface area contributed by atoms with E-state index in [1.54, 1.807) is 19.9 Å². The molecule has 2 N–H and O–H groups in total. The third-order valence-corrected chi connectivity index (χ3v) is 3.07. The Balaban J connectivity index is 3.07. The van der Waals surface area contributed by atoms with Crippen molar-refractivity contribution in [3.8, 4) is 0 Å². The highest BCUT2D eigenvalue weighted by Crippen LogP contribution is 2.35. The Kier molecular flexibility index (Phi) is 3.94. The monoisotopic (exact) mass is 241 g/mol. The van der Waals surface area contributed by atoms with Gasteiger partial charge in [0.05, 0.1) is 12.5 Å². The summed E-state index contributed by atoms with van der Waals surface area (Å²) in [6.45, 7) is 3.49. The van der Waals surface area contributed by atoms with E-state index < -0.39 is 11.5 Å². The first-order valence-corrected chi connectivity index (χ1v) is 5.37. The average molecular weight is 242 g/mol. The lowest BCUT2D eigenvalue weighted by atomic mass is 9.81. The van der Waals surface area contributed by atoms with Crippen molar-refractivity contribution in [2.24, 2.45) is 11.1 Å². The lowest BCUT2D eigenvalue weighted by Gasteiger charge is -2.29. The zero-order chi connectivity index (χ0) is 12.3. The minimum atomic E-state index is -0.806. The van der Waals surface area contributed by atoms with Gasteiger partial charge in [0, 0.05) is 11.1 Å². The molecule has 0 radical (unpaired) electrons. The molecule has 88 valence electrons. The maximum absolute atomic E-state index is 11.6. The van der Waals surface area contributed by atoms with Crippen LogP contribution >= 0.6 is 11.6 Å². The lowest BCUT2D eigenvalue weighted by Crippen LogP contribution is -2.37. The standard InChI is InChI=1S/C12H16ClNO2/c1-12(2,11(15)16-3)10(14)8-6-4-5-7-9(8)13/h4-7,10H,14H2,1-3H3/t10-/m0/s1. The SMILES string of the molecule is COC(=O)C(C)(C)[C@@H](N)c1ccccc1Cl. The van der Waals surface area contributed by atoms with E-state index in [0.717, 1.165) is 5.56 Å². The Morgan fingerprint density at radius 3 is 2.50 bits per heavy atom. The van der Waals surface area contributed by atoms with E-state index in [-0.39, 0.29) is 5.97 Å². The summed E-state index contributed by atoms with van der Waals surface area (Å²) in [7, 11) is 1.35. The van der Waals surface area contributed by atoms with Crippen molar-refractivity contribution in [1.82, 2.24) is 0 Å². The average Bonchev–Trinajstić information content (AvgIpc) is 2.27. The second kappa shape index (κ2) is 4.85. The van der Waals surface area contributed by atoms with E-state index in [9.17, 15) is 4.79 Å². The number of benzene rings is 1. The maximum atomic E-state index is 11.6. The number of methoxy groups -OCH3 is 1. The topological polar surface area (TPSA) is 52.3 Å². The third kappa shape index (κ3) is 2.36. The first-order valence-electron chi connectivity index (χ1n) is 4.99. The summed E-state index contributed by atoms with van der Waals surface area (Å²) in [4.78, 5) is 11.6. The summed E-state index contributed by atoms with van der Waals surface area (Å²) < 4.78 is 4.74. The number of nitrogens with two attached hydrogens (primary N) is 1. The molecule has 3 nitrogen and oxygen atoms in total. The smallest absolute Gasteiger partial charge is 0.313 e. The van der Waals surface area contributed by atoms with Gasteiger partial charge in [-0.05, 0) is 25.5 Å². The normalized spacial score (nSPS) is 13.3. The number of carbonyl (C=O) groups excluding carboxylic acids is 1. The fourth-order valence-corrected chi connectivity index (χ4v) is 1.76. The fourth-order valence-electron chi connectivity index (χ4n) is 1.51. The Labute approximate surface area is 101 Å². The molecule has 1 rings (SSSR count). The molecule has 0 saturated heterocycles. The van der Waals surface area contributed by atoms with Crippen molar-refractivity contribution in [1.29, 1.82) is 0 Å². The Hall–Kier alpha value is -1.06. The van der Waals surface area contributed by atoms with Gasteiger partial charge in [-0.3, -0.25) is 4.79 Å². The minimum Gasteiger partial charge on any atom is -0.469 e. The molecule has 0 bridgehead atoms. The van der Waals surface area contributed by atoms with Crippen LogP contribution in [0, 0.1) is 5.41 Å². The molecule has 0 saturated carbocycles. The molecule has 4 heteroatoms. The van der Waals surface area contributed by atoms with Crippen LogP contribution < -0.4 is 5.73 Å². The quantitative estimate of drug-likeness (QED) is 0.828. The van der Waals surface area contributed by atoms with E-state index in [1.165, 1.54) is 7.11 Å². The van der Waals surface area contributed by atoms with Crippen LogP contribution in [-0.2, 0) is 9.53 Å². The third-order valence-electron chi connectivity index (χ3n) is 2.73. The molecule has 0 unspecified atom stereocenters. The molecule has 0 aliphatic heterocycles. The number of esters is 1. The zero-order valence-electron chi connectivity index (χ0n) is 9.66. The van der Waals surface area contributed by atoms with Gasteiger partial charge in [0.15, 0.2) is 0 Å². The molecule has 1 aromatic carbocycles. The van der Waals surface area contributed by atoms with Crippen LogP contribution in [0.2, 0.25) is 5.02 Å². The number of carbonyl (C=O) groups is 1. The number of hydrogen-bond acceptors (Lipinski definition) is 3. The van der Waals surface area contributed by atoms with Crippen LogP contribution in [0.15, 0.2) is 24.3 Å². The van der Waals surface area contributed by atoms with Gasteiger partial charge < -0.3 is 10.5 Å². The highest BCUT2D eigenvalue weighted by atomic mass is 35.5. The van der Waals surface area contributed by atoms with Crippen LogP contribution in [0.1, 0.15) is 25.5 Å². The summed E-state index contributed by atoms with van der Waals surface area (Å²) in [6, 6.07) is 6.74. The second-order valence-electron chi connectivity index (χ2n) is 4.21. The van der Waals surface area contributed by atoms with Crippen molar-refractivity contribution in [2.45, 2.75) is 19.9 Å². The Morgan fingerprint density at radius 2 is 2.00 bits per heavy atom. The lowest BCUT2D eigenvalue weighted by molar-refractivity contribution is -0.152. The van der Waals surface area contributed by atoms with Crippen molar-refractivity contribution in [2.75, 3.05) is 7.11 Å². The highest BCUT2D eigenvalue weighted by Gasteiger charge is 2.37. The second-order valence-corrected chi connectivity index (χ2v) is 4.62. The molecule has 1 aromatic rings. The van der Waals surface area contributed by atoms with E-state index >= 15 is 0 Å². The molecular weight excluding hydrogens is 226 g/mol. The summed E-state index contributed by atoms with van der Waals surface area (Å²) in [6.07, 6.45) is 0. The van der Waals surface area contributed by atoms with Crippen LogP contribution in [0.4, 0.5) is 0 Å². The molecular formula is C12H16ClNO2. The molecule has 1 atom stereocenters. The number of ether oxygens (including phenoxy) is 1. The van der Waals surface area contributed by atoms with Crippen LogP contribution in [0.5, 0.6) is 0 Å². The first kappa shape index (κ1) is 13.0. The van der Waals surface area contributed by atoms with Crippen molar-refractivity contribution < 1.29 is 9.53 Å². The van der Waals surface area contributed by atoms with Gasteiger partial charge in [-0.1, -0.05) is 29.8 Å². The zero-order valence-corrected chi connectivity index (χ0v) is 10.4. The largest absolute Gasteiger partial charge is 0.469 e. The molecule has 0 spiro atoms. The van der Waals surface area contributed by atoms with Crippen molar-refractivity contribution in [3.63, 3.8) is 0 Å². The maximum Gasteiger partial charge on any atom is 0.313 e. The number of halogens is 1. The number of hydrogen-bond donors (Lipinski definition) is 1. The van der Waals surface area contributed by atoms with E-state index in [2.05, 4.69) is 0 Å². The minimum absolute atomic E-state index is 0.347. The molecule has 0 heterocycles. The summed E-state index contributed by atoms with van der Waals surface area (Å²) >= 11 is 6.04. The highest BCUT2D eigenvalue weighted by molar-refractivity contribution is 6.31. The van der Waals surface area contributed by atoms with Gasteiger partial charge in [-0.2, -0.15) is 0 Å². The summed E-state index contributed by atoms with van der Waals surface area (Å²) in [5, 5.41) is 0.562. The summed E-state index contributed by atoms with van der Waals surface area (Å²) in [5.74, 6) is -0.347. The van der Waals surface area contributed by atoms with Crippen molar-refractivity contribution >= 4 is 17.6 Å². The molecule has 16 heavy (non-hydrogen) atoms. The molecule has 0 aliphatic carbocycles. The Bertz CT molecular complexity index is 390. The van der Waals surface area contributed by atoms with Crippen LogP contribution in [0.25, 0.3) is 0 Å². The fraction of sp³-hybridized carbons (Fsp3) is 0.417. The van der Waals surface area contributed by atoms with Crippen LogP contribution in [0.3, 0.4) is 0 Å². The van der Waals surface area contributed by atoms with E-state index in [4.69, 9.17) is 22.1 Å². The van der Waals surface area contributed by atoms with Gasteiger partial charge in [0.2, 0.25) is 0 Å². The molecule has 0 fully saturated rings. The van der Waals surface area contributed by atoms with Gasteiger partial charge in [0.1, 0.15) is 0 Å². The van der Waals surface area contributed by atoms with Crippen LogP contribution in [-0.4, -0.2) is 13.1 Å². The predicted molar refractivity (Wildman–Crippen MR) is 64.2 cm³/mol. The molecule has 0 amide bonds. The summed E-state index contributed by atoms with van der Waals surface area (Å²) in [5.41, 5.74) is 6.01. The molecule has 0 aromatic heterocycles. The van der Waals surface area contributed by atoms with Gasteiger partial charge in [0.25, 0.3) is 0 Å². The number of rotatable bonds is 3. The first-order chi connectivity index (χ1) is 7.41. The molecule has 0 aliphatic rings. The van der Waals surface area contributed by atoms with Crippen molar-refractivity contribution in [3.05, 3.63) is 34.9 Å².